The van der Waals surface area contributed by atoms with Crippen LogP contribution in [0.3, 0.4) is 0 Å². The van der Waals surface area contributed by atoms with Gasteiger partial charge in [0, 0.05) is 26.0 Å². The van der Waals surface area contributed by atoms with Crippen LogP contribution in [0.2, 0.25) is 0 Å². The Morgan fingerprint density at radius 1 is 1.38 bits per heavy atom. The number of primary amides is 1. The van der Waals surface area contributed by atoms with Gasteiger partial charge in [0.1, 0.15) is 5.69 Å². The normalized spacial score (nSPS) is 10.9. The maximum atomic E-state index is 12.2. The molecule has 2 heterocycles. The zero-order chi connectivity index (χ0) is 15.6. The van der Waals surface area contributed by atoms with Gasteiger partial charge in [-0.1, -0.05) is 13.8 Å². The predicted octanol–water partition coefficient (Wildman–Crippen LogP) is 1.23. The van der Waals surface area contributed by atoms with E-state index in [2.05, 4.69) is 24.3 Å². The Balaban J connectivity index is 2.11. The monoisotopic (exact) mass is 289 g/mol. The Bertz CT molecular complexity index is 669. The molecule has 0 fully saturated rings. The highest BCUT2D eigenvalue weighted by molar-refractivity contribution is 6.05. The summed E-state index contributed by atoms with van der Waals surface area (Å²) in [6.45, 7) is 4.97. The number of carbonyl (C=O) groups excluding carboxylic acids is 2. The number of anilines is 1. The van der Waals surface area contributed by atoms with Gasteiger partial charge >= 0.3 is 0 Å². The highest BCUT2D eigenvalue weighted by Crippen LogP contribution is 2.12. The lowest BCUT2D eigenvalue weighted by atomic mass is 10.2. The van der Waals surface area contributed by atoms with Crippen molar-refractivity contribution in [2.45, 2.75) is 20.4 Å². The lowest BCUT2D eigenvalue weighted by Crippen LogP contribution is -2.15. The van der Waals surface area contributed by atoms with Gasteiger partial charge in [-0.2, -0.15) is 5.10 Å². The van der Waals surface area contributed by atoms with E-state index in [1.165, 1.54) is 12.3 Å². The average molecular weight is 289 g/mol. The van der Waals surface area contributed by atoms with E-state index in [9.17, 15) is 9.59 Å². The van der Waals surface area contributed by atoms with Crippen molar-refractivity contribution >= 4 is 17.5 Å². The molecule has 0 aromatic carbocycles. The summed E-state index contributed by atoms with van der Waals surface area (Å²) in [4.78, 5) is 23.3. The fourth-order valence-corrected chi connectivity index (χ4v) is 2.02. The van der Waals surface area contributed by atoms with Crippen molar-refractivity contribution in [1.29, 1.82) is 0 Å². The summed E-state index contributed by atoms with van der Waals surface area (Å²) in [6, 6.07) is 1.47. The van der Waals surface area contributed by atoms with E-state index in [1.807, 2.05) is 0 Å². The Kier molecular flexibility index (Phi) is 4.11. The minimum Gasteiger partial charge on any atom is -0.366 e. The van der Waals surface area contributed by atoms with Gasteiger partial charge in [0.25, 0.3) is 5.91 Å². The Hall–Kier alpha value is -2.57. The molecule has 0 spiro atoms. The van der Waals surface area contributed by atoms with Crippen molar-refractivity contribution < 1.29 is 9.59 Å². The molecule has 0 bridgehead atoms. The number of hydrogen-bond acceptors (Lipinski definition) is 3. The molecule has 2 amide bonds. The number of hydrogen-bond donors (Lipinski definition) is 2. The molecule has 7 nitrogen and oxygen atoms in total. The number of amides is 2. The lowest BCUT2D eigenvalue weighted by molar-refractivity contribution is 0.0998. The maximum absolute atomic E-state index is 12.2. The van der Waals surface area contributed by atoms with Crippen molar-refractivity contribution in [1.82, 2.24) is 14.3 Å². The molecule has 0 unspecified atom stereocenters. The second-order valence-corrected chi connectivity index (χ2v) is 5.39. The van der Waals surface area contributed by atoms with Crippen LogP contribution in [-0.2, 0) is 13.6 Å². The molecule has 0 aliphatic rings. The van der Waals surface area contributed by atoms with Gasteiger partial charge in [-0.3, -0.25) is 14.3 Å². The lowest BCUT2D eigenvalue weighted by Gasteiger charge is -2.04. The molecule has 0 radical (unpaired) electrons. The standard InChI is InChI=1S/C14H19N5O2/c1-9(2)6-19-8-11(5-16-19)17-14(21)12-4-10(13(15)20)7-18(12)3/h4-5,7-9H,6H2,1-3H3,(H2,15,20)(H,17,21). The molecule has 2 rings (SSSR count). The van der Waals surface area contributed by atoms with Gasteiger partial charge < -0.3 is 15.6 Å². The van der Waals surface area contributed by atoms with E-state index >= 15 is 0 Å². The van der Waals surface area contributed by atoms with Gasteiger partial charge in [-0.05, 0) is 12.0 Å². The Morgan fingerprint density at radius 2 is 2.10 bits per heavy atom. The zero-order valence-electron chi connectivity index (χ0n) is 12.3. The van der Waals surface area contributed by atoms with E-state index in [4.69, 9.17) is 5.73 Å². The van der Waals surface area contributed by atoms with E-state index < -0.39 is 5.91 Å². The van der Waals surface area contributed by atoms with Gasteiger partial charge in [-0.15, -0.1) is 0 Å². The third-order valence-electron chi connectivity index (χ3n) is 2.97. The van der Waals surface area contributed by atoms with Crippen LogP contribution in [-0.4, -0.2) is 26.2 Å². The van der Waals surface area contributed by atoms with Crippen molar-refractivity contribution in [2.24, 2.45) is 18.7 Å². The molecular formula is C14H19N5O2. The van der Waals surface area contributed by atoms with Crippen molar-refractivity contribution in [3.63, 3.8) is 0 Å². The molecule has 0 aliphatic carbocycles. The SMILES string of the molecule is CC(C)Cn1cc(NC(=O)c2cc(C(N)=O)cn2C)cn1. The van der Waals surface area contributed by atoms with Gasteiger partial charge in [0.2, 0.25) is 5.91 Å². The van der Waals surface area contributed by atoms with Crippen molar-refractivity contribution in [2.75, 3.05) is 5.32 Å². The van der Waals surface area contributed by atoms with Crippen LogP contribution in [0, 0.1) is 5.92 Å². The summed E-state index contributed by atoms with van der Waals surface area (Å²) in [5.74, 6) is -0.400. The second kappa shape index (κ2) is 5.82. The van der Waals surface area contributed by atoms with Crippen LogP contribution in [0.1, 0.15) is 34.7 Å². The van der Waals surface area contributed by atoms with Gasteiger partial charge in [-0.25, -0.2) is 0 Å². The van der Waals surface area contributed by atoms with Gasteiger partial charge in [0.15, 0.2) is 0 Å². The zero-order valence-corrected chi connectivity index (χ0v) is 12.3. The maximum Gasteiger partial charge on any atom is 0.272 e. The quantitative estimate of drug-likeness (QED) is 0.866. The van der Waals surface area contributed by atoms with Crippen LogP contribution in [0.15, 0.2) is 24.7 Å². The number of rotatable bonds is 5. The second-order valence-electron chi connectivity index (χ2n) is 5.39. The van der Waals surface area contributed by atoms with E-state index in [0.717, 1.165) is 6.54 Å². The molecule has 2 aromatic rings. The summed E-state index contributed by atoms with van der Waals surface area (Å²) in [5.41, 5.74) is 6.48. The molecule has 112 valence electrons. The molecule has 0 atom stereocenters. The molecule has 7 heteroatoms. The number of carbonyl (C=O) groups is 2. The topological polar surface area (TPSA) is 94.9 Å². The fourth-order valence-electron chi connectivity index (χ4n) is 2.02. The summed E-state index contributed by atoms with van der Waals surface area (Å²) in [7, 11) is 1.68. The molecule has 0 aliphatic heterocycles. The number of aryl methyl sites for hydroxylation is 1. The minimum absolute atomic E-state index is 0.304. The van der Waals surface area contributed by atoms with Gasteiger partial charge in [0.05, 0.1) is 17.4 Å². The van der Waals surface area contributed by atoms with E-state index in [1.54, 1.807) is 28.7 Å². The first-order valence-corrected chi connectivity index (χ1v) is 6.66. The van der Waals surface area contributed by atoms with Crippen LogP contribution >= 0.6 is 0 Å². The Morgan fingerprint density at radius 3 is 2.67 bits per heavy atom. The van der Waals surface area contributed by atoms with Crippen LogP contribution in [0.4, 0.5) is 5.69 Å². The number of nitrogens with zero attached hydrogens (tertiary/aromatic N) is 3. The third-order valence-corrected chi connectivity index (χ3v) is 2.97. The molecular weight excluding hydrogens is 270 g/mol. The number of aromatic nitrogens is 3. The smallest absolute Gasteiger partial charge is 0.272 e. The number of nitrogens with one attached hydrogen (secondary N) is 1. The first kappa shape index (κ1) is 14.8. The summed E-state index contributed by atoms with van der Waals surface area (Å²) < 4.78 is 3.34. The largest absolute Gasteiger partial charge is 0.366 e. The average Bonchev–Trinajstić information content (AvgIpc) is 2.95. The van der Waals surface area contributed by atoms with E-state index in [0.29, 0.717) is 22.9 Å². The van der Waals surface area contributed by atoms with E-state index in [-0.39, 0.29) is 5.91 Å². The highest BCUT2D eigenvalue weighted by Gasteiger charge is 2.15. The van der Waals surface area contributed by atoms with Crippen LogP contribution in [0.25, 0.3) is 0 Å². The third kappa shape index (κ3) is 3.50. The summed E-state index contributed by atoms with van der Waals surface area (Å²) in [6.07, 6.45) is 4.90. The van der Waals surface area contributed by atoms with Crippen LogP contribution < -0.4 is 11.1 Å². The first-order valence-electron chi connectivity index (χ1n) is 6.66. The molecule has 21 heavy (non-hydrogen) atoms. The Labute approximate surface area is 122 Å². The van der Waals surface area contributed by atoms with Crippen molar-refractivity contribution in [3.8, 4) is 0 Å². The predicted molar refractivity (Wildman–Crippen MR) is 78.9 cm³/mol. The first-order chi connectivity index (χ1) is 9.86. The molecule has 2 aromatic heterocycles. The summed E-state index contributed by atoms with van der Waals surface area (Å²) >= 11 is 0. The minimum atomic E-state index is -0.561. The van der Waals surface area contributed by atoms with Crippen LogP contribution in [0.5, 0.6) is 0 Å². The van der Waals surface area contributed by atoms with Crippen molar-refractivity contribution in [3.05, 3.63) is 35.9 Å². The number of nitrogens with two attached hydrogens (primary N) is 1. The molecule has 0 saturated heterocycles. The molecule has 0 saturated carbocycles. The highest BCUT2D eigenvalue weighted by atomic mass is 16.2. The summed E-state index contributed by atoms with van der Waals surface area (Å²) in [5, 5.41) is 6.93. The fraction of sp³-hybridized carbons (Fsp3) is 0.357. The molecule has 3 N–H and O–H groups in total.